The van der Waals surface area contributed by atoms with Gasteiger partial charge in [0, 0.05) is 12.1 Å². The molecule has 21 heavy (non-hydrogen) atoms. The van der Waals surface area contributed by atoms with Gasteiger partial charge in [0.2, 0.25) is 0 Å². The van der Waals surface area contributed by atoms with E-state index in [1.54, 1.807) is 0 Å². The number of hydrogen-bond acceptors (Lipinski definition) is 5. The van der Waals surface area contributed by atoms with Crippen molar-refractivity contribution in [3.63, 3.8) is 0 Å². The normalized spacial score (nSPS) is 11.4. The van der Waals surface area contributed by atoms with E-state index in [1.165, 1.54) is 18.2 Å². The summed E-state index contributed by atoms with van der Waals surface area (Å²) in [6, 6.07) is 14.8. The lowest BCUT2D eigenvalue weighted by Gasteiger charge is -2.18. The number of hydrogen-bond donors (Lipinski definition) is 2. The van der Waals surface area contributed by atoms with Crippen molar-refractivity contribution >= 4 is 11.4 Å². The lowest BCUT2D eigenvalue weighted by atomic mass is 10.1. The van der Waals surface area contributed by atoms with Crippen LogP contribution in [0, 0.1) is 21.4 Å². The van der Waals surface area contributed by atoms with Gasteiger partial charge in [0.25, 0.3) is 5.69 Å². The van der Waals surface area contributed by atoms with Crippen LogP contribution in [0.2, 0.25) is 0 Å². The molecule has 0 unspecified atom stereocenters. The Morgan fingerprint density at radius 2 is 2.00 bits per heavy atom. The number of non-ortho nitro benzene ring substituents is 1. The first-order chi connectivity index (χ1) is 10.2. The third kappa shape index (κ3) is 3.35. The number of nitrogens with zero attached hydrogens (tertiary/aromatic N) is 2. The molecule has 0 aromatic heterocycles. The van der Waals surface area contributed by atoms with Crippen molar-refractivity contribution in [3.05, 3.63) is 69.8 Å². The van der Waals surface area contributed by atoms with E-state index in [1.807, 2.05) is 36.4 Å². The summed E-state index contributed by atoms with van der Waals surface area (Å²) in [7, 11) is 0. The molecule has 6 heteroatoms. The number of nitro groups is 1. The quantitative estimate of drug-likeness (QED) is 0.649. The third-order valence-electron chi connectivity index (χ3n) is 3.05. The molecule has 0 saturated carbocycles. The fraction of sp³-hybridized carbons (Fsp3) is 0.133. The van der Waals surface area contributed by atoms with Crippen LogP contribution in [-0.4, -0.2) is 16.6 Å². The van der Waals surface area contributed by atoms with Gasteiger partial charge in [-0.25, -0.2) is 0 Å². The second-order valence-corrected chi connectivity index (χ2v) is 4.39. The highest BCUT2D eigenvalue weighted by Gasteiger charge is 2.15. The van der Waals surface area contributed by atoms with Crippen LogP contribution in [0.3, 0.4) is 0 Å². The van der Waals surface area contributed by atoms with Gasteiger partial charge in [-0.15, -0.1) is 0 Å². The molecule has 2 rings (SSSR count). The van der Waals surface area contributed by atoms with Crippen molar-refractivity contribution in [1.82, 2.24) is 0 Å². The maximum Gasteiger partial charge on any atom is 0.270 e. The number of nitro benzene ring substituents is 1. The summed E-state index contributed by atoms with van der Waals surface area (Å²) in [5.74, 6) is 0. The van der Waals surface area contributed by atoms with Crippen LogP contribution >= 0.6 is 0 Å². The van der Waals surface area contributed by atoms with Crippen LogP contribution in [-0.2, 0) is 0 Å². The number of nitrogens with one attached hydrogen (secondary N) is 1. The molecule has 0 saturated heterocycles. The van der Waals surface area contributed by atoms with Crippen molar-refractivity contribution < 1.29 is 10.0 Å². The Bertz CT molecular complexity index is 680. The lowest BCUT2D eigenvalue weighted by molar-refractivity contribution is -0.384. The van der Waals surface area contributed by atoms with E-state index in [4.69, 9.17) is 5.26 Å². The van der Waals surface area contributed by atoms with E-state index in [2.05, 4.69) is 5.32 Å². The van der Waals surface area contributed by atoms with E-state index in [0.29, 0.717) is 5.69 Å². The fourth-order valence-corrected chi connectivity index (χ4v) is 1.97. The minimum Gasteiger partial charge on any atom is -0.394 e. The molecule has 1 atom stereocenters. The molecule has 2 aromatic rings. The molecule has 106 valence electrons. The summed E-state index contributed by atoms with van der Waals surface area (Å²) in [4.78, 5) is 10.2. The van der Waals surface area contributed by atoms with Crippen molar-refractivity contribution in [2.75, 3.05) is 11.9 Å². The lowest BCUT2D eigenvalue weighted by Crippen LogP contribution is -2.15. The van der Waals surface area contributed by atoms with E-state index in [-0.39, 0.29) is 23.9 Å². The maximum absolute atomic E-state index is 10.7. The van der Waals surface area contributed by atoms with Crippen LogP contribution in [0.4, 0.5) is 11.4 Å². The van der Waals surface area contributed by atoms with Gasteiger partial charge in [0.05, 0.1) is 28.8 Å². The summed E-state index contributed by atoms with van der Waals surface area (Å²) in [5.41, 5.74) is 1.34. The summed E-state index contributed by atoms with van der Waals surface area (Å²) >= 11 is 0. The second-order valence-electron chi connectivity index (χ2n) is 4.39. The van der Waals surface area contributed by atoms with Crippen LogP contribution < -0.4 is 5.32 Å². The van der Waals surface area contributed by atoms with Crippen molar-refractivity contribution in [1.29, 1.82) is 5.26 Å². The minimum atomic E-state index is -0.550. The van der Waals surface area contributed by atoms with Crippen LogP contribution in [0.15, 0.2) is 48.5 Å². The minimum absolute atomic E-state index is 0.141. The van der Waals surface area contributed by atoms with E-state index < -0.39 is 4.92 Å². The molecule has 0 spiro atoms. The highest BCUT2D eigenvalue weighted by Crippen LogP contribution is 2.25. The van der Waals surface area contributed by atoms with E-state index in [0.717, 1.165) is 5.56 Å². The van der Waals surface area contributed by atoms with Crippen molar-refractivity contribution in [2.45, 2.75) is 6.04 Å². The zero-order valence-electron chi connectivity index (χ0n) is 11.1. The van der Waals surface area contributed by atoms with Gasteiger partial charge in [-0.1, -0.05) is 30.3 Å². The van der Waals surface area contributed by atoms with Gasteiger partial charge in [0.1, 0.15) is 6.07 Å². The molecule has 0 aliphatic carbocycles. The topological polar surface area (TPSA) is 99.2 Å². The van der Waals surface area contributed by atoms with Gasteiger partial charge in [-0.3, -0.25) is 10.1 Å². The molecule has 0 aliphatic rings. The zero-order valence-corrected chi connectivity index (χ0v) is 11.1. The van der Waals surface area contributed by atoms with Crippen molar-refractivity contribution in [2.24, 2.45) is 0 Å². The van der Waals surface area contributed by atoms with E-state index in [9.17, 15) is 15.2 Å². The Kier molecular flexibility index (Phi) is 4.49. The van der Waals surface area contributed by atoms with Gasteiger partial charge in [0.15, 0.2) is 0 Å². The molecule has 0 radical (unpaired) electrons. The standard InChI is InChI=1S/C15H13N3O3/c16-9-12-8-13(18(20)21)6-7-14(12)17-15(10-19)11-4-2-1-3-5-11/h1-8,15,17,19H,10H2/t15-/m1/s1. The Balaban J connectivity index is 2.30. The molecule has 2 aromatic carbocycles. The number of nitriles is 1. The maximum atomic E-state index is 10.7. The number of anilines is 1. The molecule has 0 fully saturated rings. The molecular formula is C15H13N3O3. The first kappa shape index (κ1) is 14.5. The van der Waals surface area contributed by atoms with Gasteiger partial charge >= 0.3 is 0 Å². The number of aliphatic hydroxyl groups is 1. The van der Waals surface area contributed by atoms with Gasteiger partial charge in [-0.05, 0) is 11.6 Å². The largest absolute Gasteiger partial charge is 0.394 e. The monoisotopic (exact) mass is 283 g/mol. The molecule has 0 amide bonds. The number of aliphatic hydroxyl groups excluding tert-OH is 1. The van der Waals surface area contributed by atoms with Gasteiger partial charge < -0.3 is 10.4 Å². The summed E-state index contributed by atoms with van der Waals surface area (Å²) < 4.78 is 0. The summed E-state index contributed by atoms with van der Waals surface area (Å²) in [6.45, 7) is -0.161. The molecule has 0 heterocycles. The predicted octanol–water partition coefficient (Wildman–Crippen LogP) is 2.61. The third-order valence-corrected chi connectivity index (χ3v) is 3.05. The highest BCUT2D eigenvalue weighted by atomic mass is 16.6. The van der Waals surface area contributed by atoms with Crippen LogP contribution in [0.1, 0.15) is 17.2 Å². The predicted molar refractivity (Wildman–Crippen MR) is 77.7 cm³/mol. The molecule has 0 bridgehead atoms. The molecule has 0 aliphatic heterocycles. The number of benzene rings is 2. The Morgan fingerprint density at radius 1 is 1.29 bits per heavy atom. The average Bonchev–Trinajstić information content (AvgIpc) is 2.53. The zero-order chi connectivity index (χ0) is 15.2. The Morgan fingerprint density at radius 3 is 2.57 bits per heavy atom. The van der Waals surface area contributed by atoms with Crippen LogP contribution in [0.25, 0.3) is 0 Å². The molecule has 2 N–H and O–H groups in total. The van der Waals surface area contributed by atoms with E-state index >= 15 is 0 Å². The highest BCUT2D eigenvalue weighted by molar-refractivity contribution is 5.62. The SMILES string of the molecule is N#Cc1cc([N+](=O)[O-])ccc1N[C@H](CO)c1ccccc1. The second kappa shape index (κ2) is 6.50. The summed E-state index contributed by atoms with van der Waals surface area (Å²) in [5, 5.41) is 32.4. The molecule has 6 nitrogen and oxygen atoms in total. The average molecular weight is 283 g/mol. The fourth-order valence-electron chi connectivity index (χ4n) is 1.97. The van der Waals surface area contributed by atoms with Gasteiger partial charge in [-0.2, -0.15) is 5.26 Å². The van der Waals surface area contributed by atoms with Crippen molar-refractivity contribution in [3.8, 4) is 6.07 Å². The van der Waals surface area contributed by atoms with Crippen LogP contribution in [0.5, 0.6) is 0 Å². The Labute approximate surface area is 121 Å². The smallest absolute Gasteiger partial charge is 0.270 e. The Hall–Kier alpha value is -2.91. The number of rotatable bonds is 5. The first-order valence-electron chi connectivity index (χ1n) is 6.26. The molecular weight excluding hydrogens is 270 g/mol. The summed E-state index contributed by atoms with van der Waals surface area (Å²) in [6.07, 6.45) is 0. The first-order valence-corrected chi connectivity index (χ1v) is 6.26.